The second-order valence-electron chi connectivity index (χ2n) is 6.31. The zero-order valence-electron chi connectivity index (χ0n) is 14.4. The first-order chi connectivity index (χ1) is 12.6. The molecule has 5 nitrogen and oxygen atoms in total. The molecule has 9 heteroatoms. The van der Waals surface area contributed by atoms with E-state index in [-0.39, 0.29) is 11.3 Å². The minimum absolute atomic E-state index is 0.0327. The Bertz CT molecular complexity index is 988. The summed E-state index contributed by atoms with van der Waals surface area (Å²) < 4.78 is 63.4. The average Bonchev–Trinajstić information content (AvgIpc) is 2.59. The number of carbonyl (C=O) groups is 1. The molecule has 0 unspecified atom stereocenters. The fourth-order valence-electron chi connectivity index (χ4n) is 3.02. The Labute approximate surface area is 154 Å². The van der Waals surface area contributed by atoms with E-state index in [1.807, 2.05) is 0 Å². The van der Waals surface area contributed by atoms with Crippen molar-refractivity contribution in [2.75, 3.05) is 22.4 Å². The number of sulfonamides is 1. The zero-order chi connectivity index (χ0) is 19.8. The monoisotopic (exact) mass is 398 g/mol. The summed E-state index contributed by atoms with van der Waals surface area (Å²) in [5.74, 6) is -0.561. The third kappa shape index (κ3) is 4.24. The molecule has 0 saturated carbocycles. The molecule has 0 fully saturated rings. The van der Waals surface area contributed by atoms with Crippen LogP contribution < -0.4 is 9.62 Å². The van der Waals surface area contributed by atoms with Gasteiger partial charge in [0.1, 0.15) is 0 Å². The molecule has 144 valence electrons. The zero-order valence-corrected chi connectivity index (χ0v) is 15.2. The van der Waals surface area contributed by atoms with E-state index < -0.39 is 27.7 Å². The normalized spacial score (nSPS) is 14.6. The maximum atomic E-state index is 12.8. The van der Waals surface area contributed by atoms with Crippen molar-refractivity contribution in [3.63, 3.8) is 0 Å². The van der Waals surface area contributed by atoms with Crippen LogP contribution in [0.2, 0.25) is 0 Å². The number of rotatable bonds is 3. The van der Waals surface area contributed by atoms with Crippen molar-refractivity contribution >= 4 is 27.3 Å². The summed E-state index contributed by atoms with van der Waals surface area (Å²) in [7, 11) is -3.41. The number of amides is 1. The molecule has 0 saturated heterocycles. The van der Waals surface area contributed by atoms with Gasteiger partial charge in [-0.25, -0.2) is 8.42 Å². The lowest BCUT2D eigenvalue weighted by Crippen LogP contribution is -2.34. The van der Waals surface area contributed by atoms with Crippen molar-refractivity contribution in [1.82, 2.24) is 0 Å². The molecular formula is C18H17F3N2O3S. The van der Waals surface area contributed by atoms with Gasteiger partial charge in [0.2, 0.25) is 10.0 Å². The third-order valence-corrected chi connectivity index (χ3v) is 5.45. The van der Waals surface area contributed by atoms with Crippen LogP contribution in [0.4, 0.5) is 24.5 Å². The van der Waals surface area contributed by atoms with Gasteiger partial charge < -0.3 is 5.32 Å². The van der Waals surface area contributed by atoms with Crippen molar-refractivity contribution in [2.45, 2.75) is 19.0 Å². The molecule has 27 heavy (non-hydrogen) atoms. The van der Waals surface area contributed by atoms with Crippen LogP contribution >= 0.6 is 0 Å². The quantitative estimate of drug-likeness (QED) is 0.858. The molecule has 0 aliphatic carbocycles. The molecule has 1 aliphatic heterocycles. The van der Waals surface area contributed by atoms with E-state index >= 15 is 0 Å². The van der Waals surface area contributed by atoms with Crippen molar-refractivity contribution < 1.29 is 26.4 Å². The van der Waals surface area contributed by atoms with Gasteiger partial charge >= 0.3 is 6.18 Å². The number of alkyl halides is 3. The van der Waals surface area contributed by atoms with Crippen LogP contribution in [0.5, 0.6) is 0 Å². The predicted octanol–water partition coefficient (Wildman–Crippen LogP) is 3.67. The molecule has 0 radical (unpaired) electrons. The fourth-order valence-corrected chi connectivity index (χ4v) is 4.02. The Morgan fingerprint density at radius 2 is 1.89 bits per heavy atom. The number of aryl methyl sites for hydroxylation is 1. The molecule has 0 bridgehead atoms. The van der Waals surface area contributed by atoms with E-state index in [4.69, 9.17) is 0 Å². The standard InChI is InChI=1S/C18H17F3N2O3S/c1-27(25,26)23-9-3-4-12-10-13(7-8-16(12)23)17(24)22-15-6-2-5-14(11-15)18(19,20)21/h2,5-8,10-11H,3-4,9H2,1H3,(H,22,24). The second kappa shape index (κ2) is 6.88. The molecular weight excluding hydrogens is 381 g/mol. The molecule has 0 spiro atoms. The van der Waals surface area contributed by atoms with Gasteiger partial charge in [-0.1, -0.05) is 6.07 Å². The molecule has 0 atom stereocenters. The summed E-state index contributed by atoms with van der Waals surface area (Å²) in [5, 5.41) is 2.45. The highest BCUT2D eigenvalue weighted by atomic mass is 32.2. The van der Waals surface area contributed by atoms with E-state index in [0.29, 0.717) is 30.6 Å². The highest BCUT2D eigenvalue weighted by Gasteiger charge is 2.30. The van der Waals surface area contributed by atoms with Crippen LogP contribution in [-0.2, 0) is 22.6 Å². The van der Waals surface area contributed by atoms with E-state index in [1.165, 1.54) is 22.5 Å². The SMILES string of the molecule is CS(=O)(=O)N1CCCc2cc(C(=O)Nc3cccc(C(F)(F)F)c3)ccc21. The number of halogens is 3. The van der Waals surface area contributed by atoms with E-state index in [2.05, 4.69) is 5.32 Å². The number of carbonyl (C=O) groups excluding carboxylic acids is 1. The molecule has 1 aliphatic rings. The lowest BCUT2D eigenvalue weighted by Gasteiger charge is -2.29. The number of fused-ring (bicyclic) bond motifs is 1. The lowest BCUT2D eigenvalue weighted by molar-refractivity contribution is -0.137. The van der Waals surface area contributed by atoms with Gasteiger partial charge in [-0.2, -0.15) is 13.2 Å². The number of hydrogen-bond donors (Lipinski definition) is 1. The van der Waals surface area contributed by atoms with Gasteiger partial charge in [-0.05, 0) is 54.8 Å². The summed E-state index contributed by atoms with van der Waals surface area (Å²) in [6.07, 6.45) is -2.14. The number of anilines is 2. The molecule has 1 heterocycles. The van der Waals surface area contributed by atoms with Gasteiger partial charge in [-0.15, -0.1) is 0 Å². The predicted molar refractivity (Wildman–Crippen MR) is 96.4 cm³/mol. The highest BCUT2D eigenvalue weighted by molar-refractivity contribution is 7.92. The molecule has 2 aromatic carbocycles. The summed E-state index contributed by atoms with van der Waals surface area (Å²) in [6, 6.07) is 8.97. The minimum atomic E-state index is -4.50. The Kier molecular flexibility index (Phi) is 4.90. The van der Waals surface area contributed by atoms with Gasteiger partial charge in [-0.3, -0.25) is 9.10 Å². The molecule has 1 amide bonds. The largest absolute Gasteiger partial charge is 0.416 e. The average molecular weight is 398 g/mol. The van der Waals surface area contributed by atoms with Crippen LogP contribution in [0.15, 0.2) is 42.5 Å². The number of benzene rings is 2. The molecule has 3 rings (SSSR count). The number of nitrogens with zero attached hydrogens (tertiary/aromatic N) is 1. The Hall–Kier alpha value is -2.55. The smallest absolute Gasteiger partial charge is 0.322 e. The first-order valence-corrected chi connectivity index (χ1v) is 10.00. The molecule has 0 aromatic heterocycles. The summed E-state index contributed by atoms with van der Waals surface area (Å²) in [4.78, 5) is 12.4. The topological polar surface area (TPSA) is 66.5 Å². The lowest BCUT2D eigenvalue weighted by atomic mass is 10.0. The van der Waals surface area contributed by atoms with Crippen LogP contribution in [0, 0.1) is 0 Å². The van der Waals surface area contributed by atoms with Gasteiger partial charge in [0.15, 0.2) is 0 Å². The van der Waals surface area contributed by atoms with Gasteiger partial charge in [0, 0.05) is 17.8 Å². The van der Waals surface area contributed by atoms with Crippen molar-refractivity contribution in [3.8, 4) is 0 Å². The van der Waals surface area contributed by atoms with Crippen molar-refractivity contribution in [1.29, 1.82) is 0 Å². The minimum Gasteiger partial charge on any atom is -0.322 e. The summed E-state index contributed by atoms with van der Waals surface area (Å²) in [5.41, 5.74) is 0.670. The van der Waals surface area contributed by atoms with Gasteiger partial charge in [0.25, 0.3) is 5.91 Å². The Morgan fingerprint density at radius 1 is 1.15 bits per heavy atom. The van der Waals surface area contributed by atoms with Gasteiger partial charge in [0.05, 0.1) is 17.5 Å². The summed E-state index contributed by atoms with van der Waals surface area (Å²) in [6.45, 7) is 0.377. The van der Waals surface area contributed by atoms with Crippen molar-refractivity contribution in [2.24, 2.45) is 0 Å². The third-order valence-electron chi connectivity index (χ3n) is 4.27. The van der Waals surface area contributed by atoms with Crippen molar-refractivity contribution in [3.05, 3.63) is 59.2 Å². The fraction of sp³-hybridized carbons (Fsp3) is 0.278. The highest BCUT2D eigenvalue weighted by Crippen LogP contribution is 2.32. The van der Waals surface area contributed by atoms with Crippen LogP contribution in [0.1, 0.15) is 27.9 Å². The van der Waals surface area contributed by atoms with Crippen LogP contribution in [0.25, 0.3) is 0 Å². The molecule has 2 aromatic rings. The number of hydrogen-bond acceptors (Lipinski definition) is 3. The molecule has 1 N–H and O–H groups in total. The van der Waals surface area contributed by atoms with Crippen LogP contribution in [0.3, 0.4) is 0 Å². The maximum absolute atomic E-state index is 12.8. The van der Waals surface area contributed by atoms with Crippen LogP contribution in [-0.4, -0.2) is 27.1 Å². The Balaban J connectivity index is 1.85. The first-order valence-electron chi connectivity index (χ1n) is 8.15. The summed E-state index contributed by atoms with van der Waals surface area (Å²) >= 11 is 0. The first kappa shape index (κ1) is 19.2. The van der Waals surface area contributed by atoms with E-state index in [0.717, 1.165) is 18.4 Å². The second-order valence-corrected chi connectivity index (χ2v) is 8.22. The van der Waals surface area contributed by atoms with E-state index in [1.54, 1.807) is 12.1 Å². The number of nitrogens with one attached hydrogen (secondary N) is 1. The maximum Gasteiger partial charge on any atom is 0.416 e. The van der Waals surface area contributed by atoms with E-state index in [9.17, 15) is 26.4 Å². The Morgan fingerprint density at radius 3 is 2.56 bits per heavy atom.